The van der Waals surface area contributed by atoms with E-state index in [4.69, 9.17) is 26.4 Å². The van der Waals surface area contributed by atoms with E-state index >= 15 is 0 Å². The molecule has 9 heteroatoms. The Kier molecular flexibility index (Phi) is 9.73. The molecule has 0 saturated heterocycles. The maximum absolute atomic E-state index is 12.4. The SMILES string of the molecule is CCOCCOc1cccc(C(=O)NC(=S)NNC(=O)COc2c(C)cccc2C)c1. The van der Waals surface area contributed by atoms with Gasteiger partial charge in [0.1, 0.15) is 18.1 Å². The van der Waals surface area contributed by atoms with Crippen LogP contribution in [0.2, 0.25) is 0 Å². The fourth-order valence-electron chi connectivity index (χ4n) is 2.62. The molecule has 0 fully saturated rings. The first-order valence-electron chi connectivity index (χ1n) is 9.80. The van der Waals surface area contributed by atoms with Gasteiger partial charge in [-0.25, -0.2) is 0 Å². The van der Waals surface area contributed by atoms with Gasteiger partial charge in [0, 0.05) is 12.2 Å². The number of carbonyl (C=O) groups excluding carboxylic acids is 2. The van der Waals surface area contributed by atoms with Crippen molar-refractivity contribution in [3.05, 3.63) is 59.2 Å². The number of rotatable bonds is 9. The number of benzene rings is 2. The molecule has 8 nitrogen and oxygen atoms in total. The molecule has 31 heavy (non-hydrogen) atoms. The van der Waals surface area contributed by atoms with Crippen molar-refractivity contribution >= 4 is 29.1 Å². The van der Waals surface area contributed by atoms with E-state index in [1.807, 2.05) is 39.0 Å². The Morgan fingerprint density at radius 2 is 1.68 bits per heavy atom. The van der Waals surface area contributed by atoms with E-state index in [0.717, 1.165) is 11.1 Å². The highest BCUT2D eigenvalue weighted by atomic mass is 32.1. The lowest BCUT2D eigenvalue weighted by molar-refractivity contribution is -0.123. The summed E-state index contributed by atoms with van der Waals surface area (Å²) in [5, 5.41) is 2.44. The quantitative estimate of drug-likeness (QED) is 0.310. The Balaban J connectivity index is 1.76. The minimum absolute atomic E-state index is 0.0481. The molecule has 0 heterocycles. The lowest BCUT2D eigenvalue weighted by Gasteiger charge is -2.13. The number of hydrazine groups is 1. The Morgan fingerprint density at radius 3 is 2.39 bits per heavy atom. The molecule has 166 valence electrons. The molecule has 0 aliphatic rings. The van der Waals surface area contributed by atoms with Crippen LogP contribution in [0, 0.1) is 13.8 Å². The summed E-state index contributed by atoms with van der Waals surface area (Å²) in [5.41, 5.74) is 7.11. The van der Waals surface area contributed by atoms with Crippen molar-refractivity contribution in [1.29, 1.82) is 0 Å². The van der Waals surface area contributed by atoms with Gasteiger partial charge < -0.3 is 14.2 Å². The third-order valence-electron chi connectivity index (χ3n) is 4.10. The largest absolute Gasteiger partial charge is 0.491 e. The number of nitrogens with one attached hydrogen (secondary N) is 3. The van der Waals surface area contributed by atoms with Crippen LogP contribution in [-0.4, -0.2) is 43.4 Å². The standard InChI is InChI=1S/C22H27N3O5S/c1-4-28-11-12-29-18-10-6-9-17(13-18)21(27)23-22(31)25-24-19(26)14-30-20-15(2)7-5-8-16(20)3/h5-10,13H,4,11-12,14H2,1-3H3,(H,24,26)(H2,23,25,27,31). The second-order valence-electron chi connectivity index (χ2n) is 6.54. The third-order valence-corrected chi connectivity index (χ3v) is 4.30. The van der Waals surface area contributed by atoms with Gasteiger partial charge >= 0.3 is 0 Å². The fraction of sp³-hybridized carbons (Fsp3) is 0.318. The summed E-state index contributed by atoms with van der Waals surface area (Å²) in [4.78, 5) is 24.4. The molecule has 2 aromatic rings. The zero-order chi connectivity index (χ0) is 22.6. The molecule has 3 N–H and O–H groups in total. The number of para-hydroxylation sites is 1. The summed E-state index contributed by atoms with van der Waals surface area (Å²) in [6.45, 7) is 6.98. The van der Waals surface area contributed by atoms with Gasteiger partial charge in [0.05, 0.1) is 6.61 Å². The molecule has 0 spiro atoms. The zero-order valence-corrected chi connectivity index (χ0v) is 18.6. The summed E-state index contributed by atoms with van der Waals surface area (Å²) >= 11 is 5.05. The van der Waals surface area contributed by atoms with Gasteiger partial charge in [-0.3, -0.25) is 25.8 Å². The second-order valence-corrected chi connectivity index (χ2v) is 6.95. The molecule has 2 aromatic carbocycles. The monoisotopic (exact) mass is 445 g/mol. The number of aryl methyl sites for hydroxylation is 2. The van der Waals surface area contributed by atoms with E-state index in [9.17, 15) is 9.59 Å². The van der Waals surface area contributed by atoms with E-state index in [1.54, 1.807) is 24.3 Å². The zero-order valence-electron chi connectivity index (χ0n) is 17.8. The van der Waals surface area contributed by atoms with Gasteiger partial charge in [-0.1, -0.05) is 24.3 Å². The van der Waals surface area contributed by atoms with Crippen LogP contribution in [0.1, 0.15) is 28.4 Å². The summed E-state index contributed by atoms with van der Waals surface area (Å²) in [7, 11) is 0. The summed E-state index contributed by atoms with van der Waals surface area (Å²) in [5.74, 6) is 0.331. The molecule has 0 saturated carbocycles. The lowest BCUT2D eigenvalue weighted by Crippen LogP contribution is -2.49. The van der Waals surface area contributed by atoms with E-state index in [-0.39, 0.29) is 11.7 Å². The Labute approximate surface area is 187 Å². The first-order valence-corrected chi connectivity index (χ1v) is 10.2. The lowest BCUT2D eigenvalue weighted by atomic mass is 10.1. The van der Waals surface area contributed by atoms with E-state index in [0.29, 0.717) is 36.9 Å². The molecule has 0 aliphatic carbocycles. The average Bonchev–Trinajstić information content (AvgIpc) is 2.75. The number of thiocarbonyl (C=S) groups is 1. The van der Waals surface area contributed by atoms with Crippen molar-refractivity contribution in [2.75, 3.05) is 26.4 Å². The van der Waals surface area contributed by atoms with Crippen LogP contribution >= 0.6 is 12.2 Å². The van der Waals surface area contributed by atoms with Gasteiger partial charge in [0.2, 0.25) is 0 Å². The molecule has 0 radical (unpaired) electrons. The second kappa shape index (κ2) is 12.5. The Hall–Kier alpha value is -3.17. The van der Waals surface area contributed by atoms with Crippen molar-refractivity contribution in [1.82, 2.24) is 16.2 Å². The molecule has 2 rings (SSSR count). The normalized spacial score (nSPS) is 10.2. The predicted molar refractivity (Wildman–Crippen MR) is 121 cm³/mol. The van der Waals surface area contributed by atoms with Crippen molar-refractivity contribution in [2.24, 2.45) is 0 Å². The van der Waals surface area contributed by atoms with Crippen LogP contribution in [0.4, 0.5) is 0 Å². The van der Waals surface area contributed by atoms with Crippen molar-refractivity contribution in [3.63, 3.8) is 0 Å². The highest BCUT2D eigenvalue weighted by molar-refractivity contribution is 7.80. The Morgan fingerprint density at radius 1 is 0.968 bits per heavy atom. The molecule has 0 unspecified atom stereocenters. The fourth-order valence-corrected chi connectivity index (χ4v) is 2.77. The maximum Gasteiger partial charge on any atom is 0.276 e. The van der Waals surface area contributed by atoms with Crippen molar-refractivity contribution in [3.8, 4) is 11.5 Å². The number of carbonyl (C=O) groups is 2. The summed E-state index contributed by atoms with van der Waals surface area (Å²) in [6.07, 6.45) is 0. The van der Waals surface area contributed by atoms with Crippen LogP contribution in [-0.2, 0) is 9.53 Å². The van der Waals surface area contributed by atoms with Gasteiger partial charge in [-0.05, 0) is 62.3 Å². The molecule has 0 aliphatic heterocycles. The van der Waals surface area contributed by atoms with Crippen LogP contribution in [0.3, 0.4) is 0 Å². The summed E-state index contributed by atoms with van der Waals surface area (Å²) in [6, 6.07) is 12.4. The van der Waals surface area contributed by atoms with Gasteiger partial charge in [0.15, 0.2) is 11.7 Å². The number of hydrogen-bond acceptors (Lipinski definition) is 6. The molecule has 0 aromatic heterocycles. The molecule has 0 atom stereocenters. The Bertz CT molecular complexity index is 900. The van der Waals surface area contributed by atoms with Gasteiger partial charge in [-0.15, -0.1) is 0 Å². The molecule has 0 bridgehead atoms. The predicted octanol–water partition coefficient (Wildman–Crippen LogP) is 2.43. The molecule has 2 amide bonds. The van der Waals surface area contributed by atoms with Crippen LogP contribution in [0.5, 0.6) is 11.5 Å². The molecular weight excluding hydrogens is 418 g/mol. The maximum atomic E-state index is 12.4. The number of amides is 2. The van der Waals surface area contributed by atoms with Crippen LogP contribution in [0.15, 0.2) is 42.5 Å². The highest BCUT2D eigenvalue weighted by Gasteiger charge is 2.11. The van der Waals surface area contributed by atoms with Crippen LogP contribution < -0.4 is 25.6 Å². The highest BCUT2D eigenvalue weighted by Crippen LogP contribution is 2.21. The smallest absolute Gasteiger partial charge is 0.276 e. The topological polar surface area (TPSA) is 97.9 Å². The third kappa shape index (κ3) is 8.23. The van der Waals surface area contributed by atoms with E-state index in [2.05, 4.69) is 16.2 Å². The number of ether oxygens (including phenoxy) is 3. The van der Waals surface area contributed by atoms with Crippen molar-refractivity contribution in [2.45, 2.75) is 20.8 Å². The van der Waals surface area contributed by atoms with Crippen LogP contribution in [0.25, 0.3) is 0 Å². The first kappa shape index (κ1) is 24.1. The summed E-state index contributed by atoms with van der Waals surface area (Å²) < 4.78 is 16.3. The number of hydrogen-bond donors (Lipinski definition) is 3. The van der Waals surface area contributed by atoms with Gasteiger partial charge in [-0.2, -0.15) is 0 Å². The minimum atomic E-state index is -0.441. The minimum Gasteiger partial charge on any atom is -0.491 e. The first-order chi connectivity index (χ1) is 14.9. The van der Waals surface area contributed by atoms with Gasteiger partial charge in [0.25, 0.3) is 11.8 Å². The average molecular weight is 446 g/mol. The van der Waals surface area contributed by atoms with E-state index in [1.165, 1.54) is 0 Å². The van der Waals surface area contributed by atoms with Crippen molar-refractivity contribution < 1.29 is 23.8 Å². The van der Waals surface area contributed by atoms with E-state index < -0.39 is 11.8 Å². The molecular formula is C22H27N3O5S.